The third-order valence-electron chi connectivity index (χ3n) is 3.13. The lowest BCUT2D eigenvalue weighted by atomic mass is 9.88. The highest BCUT2D eigenvalue weighted by atomic mass is 32.2. The summed E-state index contributed by atoms with van der Waals surface area (Å²) in [5.41, 5.74) is 11.3. The first-order chi connectivity index (χ1) is 9.54. The Morgan fingerprint density at radius 3 is 2.65 bits per heavy atom. The minimum absolute atomic E-state index is 0.434. The lowest BCUT2D eigenvalue weighted by molar-refractivity contribution is -0.123. The van der Waals surface area contributed by atoms with Crippen molar-refractivity contribution < 1.29 is 4.79 Å². The summed E-state index contributed by atoms with van der Waals surface area (Å²) in [6.45, 7) is 0. The Hall–Kier alpha value is -1.86. The molecule has 1 aromatic heterocycles. The molecule has 1 unspecified atom stereocenters. The molecule has 1 aromatic carbocycles. The molecular weight excluding hydrogens is 274 g/mol. The van der Waals surface area contributed by atoms with Gasteiger partial charge in [-0.1, -0.05) is 42.1 Å². The third-order valence-corrected chi connectivity index (χ3v) is 4.16. The van der Waals surface area contributed by atoms with Gasteiger partial charge in [0.05, 0.1) is 0 Å². The zero-order chi connectivity index (χ0) is 14.6. The van der Waals surface area contributed by atoms with Gasteiger partial charge in [-0.15, -0.1) is 10.2 Å². The molecule has 1 heterocycles. The number of nitrogens with zero attached hydrogens (tertiary/aromatic N) is 3. The minimum atomic E-state index is -1.16. The van der Waals surface area contributed by atoms with Crippen molar-refractivity contribution in [3.8, 4) is 0 Å². The number of carbonyl (C=O) groups is 1. The molecule has 1 atom stereocenters. The Morgan fingerprint density at radius 2 is 2.10 bits per heavy atom. The number of thioether (sulfide) groups is 1. The molecule has 0 aliphatic carbocycles. The Balaban J connectivity index is 2.07. The van der Waals surface area contributed by atoms with Crippen molar-refractivity contribution in [2.75, 3.05) is 5.75 Å². The minimum Gasteiger partial charge on any atom is -0.368 e. The summed E-state index contributed by atoms with van der Waals surface area (Å²) in [5.74, 6) is 0.100. The Kier molecular flexibility index (Phi) is 4.41. The summed E-state index contributed by atoms with van der Waals surface area (Å²) in [6.07, 6.45) is 2.06. The van der Waals surface area contributed by atoms with Gasteiger partial charge in [-0.05, 0) is 12.0 Å². The maximum absolute atomic E-state index is 11.7. The van der Waals surface area contributed by atoms with E-state index in [1.807, 2.05) is 41.9 Å². The van der Waals surface area contributed by atoms with Crippen molar-refractivity contribution >= 4 is 17.7 Å². The predicted molar refractivity (Wildman–Crippen MR) is 77.8 cm³/mol. The number of carbonyl (C=O) groups excluding carboxylic acids is 1. The van der Waals surface area contributed by atoms with E-state index < -0.39 is 11.4 Å². The molecule has 0 spiro atoms. The number of nitrogens with two attached hydrogens (primary N) is 2. The Morgan fingerprint density at radius 1 is 1.40 bits per heavy atom. The van der Waals surface area contributed by atoms with Gasteiger partial charge in [0.1, 0.15) is 11.9 Å². The van der Waals surface area contributed by atoms with E-state index in [4.69, 9.17) is 11.5 Å². The second-order valence-corrected chi connectivity index (χ2v) is 5.59. The zero-order valence-electron chi connectivity index (χ0n) is 11.2. The third kappa shape index (κ3) is 3.00. The van der Waals surface area contributed by atoms with E-state index in [9.17, 15) is 4.79 Å². The first-order valence-corrected chi connectivity index (χ1v) is 7.13. The van der Waals surface area contributed by atoms with E-state index in [1.54, 1.807) is 6.33 Å². The molecule has 106 valence electrons. The SMILES string of the molecule is Cn1cnnc1SCCC(N)(C(N)=O)c1ccccc1. The molecule has 20 heavy (non-hydrogen) atoms. The first-order valence-electron chi connectivity index (χ1n) is 6.15. The van der Waals surface area contributed by atoms with Crippen LogP contribution in [0.4, 0.5) is 0 Å². The van der Waals surface area contributed by atoms with Crippen LogP contribution in [0, 0.1) is 0 Å². The molecule has 7 heteroatoms. The topological polar surface area (TPSA) is 99.8 Å². The number of benzene rings is 1. The number of aryl methyl sites for hydroxylation is 1. The van der Waals surface area contributed by atoms with E-state index >= 15 is 0 Å². The highest BCUT2D eigenvalue weighted by Crippen LogP contribution is 2.25. The summed E-state index contributed by atoms with van der Waals surface area (Å²) in [4.78, 5) is 11.7. The monoisotopic (exact) mass is 291 g/mol. The summed E-state index contributed by atoms with van der Waals surface area (Å²) >= 11 is 1.49. The highest BCUT2D eigenvalue weighted by molar-refractivity contribution is 7.99. The van der Waals surface area contributed by atoms with Crippen LogP contribution >= 0.6 is 11.8 Å². The molecule has 6 nitrogen and oxygen atoms in total. The van der Waals surface area contributed by atoms with Crippen molar-refractivity contribution in [3.63, 3.8) is 0 Å². The fourth-order valence-electron chi connectivity index (χ4n) is 1.85. The lowest BCUT2D eigenvalue weighted by Crippen LogP contribution is -2.49. The van der Waals surface area contributed by atoms with E-state index in [1.165, 1.54) is 11.8 Å². The fraction of sp³-hybridized carbons (Fsp3) is 0.308. The van der Waals surface area contributed by atoms with Crippen molar-refractivity contribution in [3.05, 3.63) is 42.2 Å². The van der Waals surface area contributed by atoms with Gasteiger partial charge >= 0.3 is 0 Å². The summed E-state index contributed by atoms with van der Waals surface area (Å²) in [6, 6.07) is 9.19. The number of hydrogen-bond donors (Lipinski definition) is 2. The lowest BCUT2D eigenvalue weighted by Gasteiger charge is -2.26. The molecular formula is C13H17N5OS. The van der Waals surface area contributed by atoms with Gasteiger partial charge < -0.3 is 16.0 Å². The van der Waals surface area contributed by atoms with E-state index in [-0.39, 0.29) is 0 Å². The van der Waals surface area contributed by atoms with E-state index in [0.29, 0.717) is 12.2 Å². The van der Waals surface area contributed by atoms with Crippen LogP contribution in [0.3, 0.4) is 0 Å². The van der Waals surface area contributed by atoms with Crippen LogP contribution in [0.1, 0.15) is 12.0 Å². The number of amides is 1. The zero-order valence-corrected chi connectivity index (χ0v) is 12.0. The normalized spacial score (nSPS) is 13.9. The molecule has 0 radical (unpaired) electrons. The number of primary amides is 1. The quantitative estimate of drug-likeness (QED) is 0.761. The Bertz CT molecular complexity index is 585. The van der Waals surface area contributed by atoms with Crippen molar-refractivity contribution in [2.45, 2.75) is 17.1 Å². The summed E-state index contributed by atoms with van der Waals surface area (Å²) in [7, 11) is 1.86. The average Bonchev–Trinajstić information content (AvgIpc) is 2.85. The molecule has 0 aliphatic rings. The van der Waals surface area contributed by atoms with Crippen LogP contribution < -0.4 is 11.5 Å². The molecule has 4 N–H and O–H groups in total. The average molecular weight is 291 g/mol. The van der Waals surface area contributed by atoms with Crippen LogP contribution in [0.15, 0.2) is 41.8 Å². The van der Waals surface area contributed by atoms with Crippen molar-refractivity contribution in [1.29, 1.82) is 0 Å². The van der Waals surface area contributed by atoms with E-state index in [2.05, 4.69) is 10.2 Å². The molecule has 2 rings (SSSR count). The van der Waals surface area contributed by atoms with Crippen LogP contribution in [0.5, 0.6) is 0 Å². The van der Waals surface area contributed by atoms with Crippen molar-refractivity contribution in [1.82, 2.24) is 14.8 Å². The second kappa shape index (κ2) is 6.06. The predicted octanol–water partition coefficient (Wildman–Crippen LogP) is 0.637. The second-order valence-electron chi connectivity index (χ2n) is 4.52. The number of aromatic nitrogens is 3. The van der Waals surface area contributed by atoms with Crippen molar-refractivity contribution in [2.24, 2.45) is 18.5 Å². The maximum Gasteiger partial charge on any atom is 0.242 e. The molecule has 0 saturated heterocycles. The Labute approximate surface area is 121 Å². The molecule has 0 saturated carbocycles. The van der Waals surface area contributed by atoms with Crippen LogP contribution in [-0.2, 0) is 17.4 Å². The number of hydrogen-bond acceptors (Lipinski definition) is 5. The van der Waals surface area contributed by atoms with Gasteiger partial charge in [0.15, 0.2) is 5.16 Å². The number of rotatable bonds is 6. The fourth-order valence-corrected chi connectivity index (χ4v) is 2.81. The van der Waals surface area contributed by atoms with Crippen LogP contribution in [-0.4, -0.2) is 26.4 Å². The van der Waals surface area contributed by atoms with E-state index in [0.717, 1.165) is 10.7 Å². The molecule has 0 fully saturated rings. The first kappa shape index (κ1) is 14.5. The summed E-state index contributed by atoms with van der Waals surface area (Å²) < 4.78 is 1.82. The smallest absolute Gasteiger partial charge is 0.242 e. The standard InChI is InChI=1S/C13H17N5OS/c1-18-9-16-17-12(18)20-8-7-13(15,11(14)19)10-5-3-2-4-6-10/h2-6,9H,7-8,15H2,1H3,(H2,14,19). The molecule has 2 aromatic rings. The van der Waals surface area contributed by atoms with Crippen LogP contribution in [0.2, 0.25) is 0 Å². The molecule has 0 aliphatic heterocycles. The van der Waals surface area contributed by atoms with Gasteiger partial charge in [-0.25, -0.2) is 0 Å². The van der Waals surface area contributed by atoms with Gasteiger partial charge in [-0.2, -0.15) is 0 Å². The van der Waals surface area contributed by atoms with Gasteiger partial charge in [0, 0.05) is 12.8 Å². The van der Waals surface area contributed by atoms with Gasteiger partial charge in [0.2, 0.25) is 5.91 Å². The highest BCUT2D eigenvalue weighted by Gasteiger charge is 2.33. The van der Waals surface area contributed by atoms with Gasteiger partial charge in [-0.3, -0.25) is 4.79 Å². The maximum atomic E-state index is 11.7. The molecule has 0 bridgehead atoms. The summed E-state index contributed by atoms with van der Waals surface area (Å²) in [5, 5.41) is 8.55. The largest absolute Gasteiger partial charge is 0.368 e. The molecule has 1 amide bonds. The van der Waals surface area contributed by atoms with Crippen LogP contribution in [0.25, 0.3) is 0 Å². The van der Waals surface area contributed by atoms with Gasteiger partial charge in [0.25, 0.3) is 0 Å².